The van der Waals surface area contributed by atoms with Crippen molar-refractivity contribution in [3.63, 3.8) is 0 Å². The lowest BCUT2D eigenvalue weighted by Gasteiger charge is -2.29. The number of hydrogen-bond acceptors (Lipinski definition) is 7. The number of benzene rings is 1. The van der Waals surface area contributed by atoms with E-state index in [-0.39, 0.29) is 36.0 Å². The van der Waals surface area contributed by atoms with Crippen LogP contribution in [0.1, 0.15) is 47.8 Å². The fraction of sp³-hybridized carbons (Fsp3) is 0.476. The van der Waals surface area contributed by atoms with Crippen LogP contribution in [0.3, 0.4) is 0 Å². The molecule has 3 atom stereocenters. The smallest absolute Gasteiger partial charge is 0.275 e. The Morgan fingerprint density at radius 3 is 2.68 bits per heavy atom. The summed E-state index contributed by atoms with van der Waals surface area (Å²) < 4.78 is 2.51. The van der Waals surface area contributed by atoms with E-state index >= 15 is 0 Å². The van der Waals surface area contributed by atoms with Gasteiger partial charge in [-0.2, -0.15) is 0 Å². The third-order valence-electron chi connectivity index (χ3n) is 5.46. The van der Waals surface area contributed by atoms with Gasteiger partial charge in [-0.15, -0.1) is 16.4 Å². The summed E-state index contributed by atoms with van der Waals surface area (Å²) in [5.41, 5.74) is 1.08. The summed E-state index contributed by atoms with van der Waals surface area (Å²) in [7, 11) is 3.28. The van der Waals surface area contributed by atoms with Gasteiger partial charge in [0.05, 0.1) is 28.6 Å². The van der Waals surface area contributed by atoms with Gasteiger partial charge in [0.1, 0.15) is 11.0 Å². The van der Waals surface area contributed by atoms with Crippen LogP contribution >= 0.6 is 11.3 Å². The summed E-state index contributed by atoms with van der Waals surface area (Å²) in [4.78, 5) is 33.7. The molecule has 3 aromatic rings. The second-order valence-electron chi connectivity index (χ2n) is 8.39. The standard InChI is InChI=1S/C21H26N6O3S/c1-12(2)18(27-11-15(23-24-27)20(29)25(3)4)21(30)26-10-13(28)9-16(26)19-22-14-7-5-6-8-17(14)31-19/h5-8,11-13,16,18,28H,9-10H2,1-4H3. The monoisotopic (exact) mass is 442 g/mol. The first kappa shape index (κ1) is 21.4. The van der Waals surface area contributed by atoms with Crippen LogP contribution < -0.4 is 0 Å². The molecular weight excluding hydrogens is 416 g/mol. The van der Waals surface area contributed by atoms with Crippen LogP contribution in [-0.4, -0.2) is 73.4 Å². The number of fused-ring (bicyclic) bond motifs is 1. The molecule has 3 heterocycles. The van der Waals surface area contributed by atoms with Gasteiger partial charge in [0.25, 0.3) is 5.91 Å². The molecule has 4 rings (SSSR count). The lowest BCUT2D eigenvalue weighted by molar-refractivity contribution is -0.137. The minimum atomic E-state index is -0.640. The third kappa shape index (κ3) is 4.05. The number of nitrogens with zero attached hydrogens (tertiary/aromatic N) is 6. The van der Waals surface area contributed by atoms with Crippen molar-refractivity contribution in [2.75, 3.05) is 20.6 Å². The summed E-state index contributed by atoms with van der Waals surface area (Å²) in [6.07, 6.45) is 1.35. The van der Waals surface area contributed by atoms with E-state index in [0.717, 1.165) is 15.2 Å². The van der Waals surface area contributed by atoms with Gasteiger partial charge in [-0.3, -0.25) is 9.59 Å². The number of aliphatic hydroxyl groups excluding tert-OH is 1. The van der Waals surface area contributed by atoms with Crippen LogP contribution in [0, 0.1) is 5.92 Å². The van der Waals surface area contributed by atoms with Gasteiger partial charge in [0.15, 0.2) is 5.69 Å². The molecule has 0 radical (unpaired) electrons. The molecule has 1 aliphatic heterocycles. The van der Waals surface area contributed by atoms with Crippen LogP contribution in [-0.2, 0) is 4.79 Å². The molecule has 1 aromatic carbocycles. The number of aliphatic hydroxyl groups is 1. The van der Waals surface area contributed by atoms with E-state index in [4.69, 9.17) is 4.98 Å². The molecule has 0 aliphatic carbocycles. The molecule has 0 bridgehead atoms. The van der Waals surface area contributed by atoms with Crippen molar-refractivity contribution in [3.05, 3.63) is 41.2 Å². The summed E-state index contributed by atoms with van der Waals surface area (Å²) >= 11 is 1.54. The van der Waals surface area contributed by atoms with Crippen molar-refractivity contribution in [2.24, 2.45) is 5.92 Å². The van der Waals surface area contributed by atoms with E-state index < -0.39 is 12.1 Å². The van der Waals surface area contributed by atoms with E-state index in [1.807, 2.05) is 38.1 Å². The molecule has 0 saturated carbocycles. The van der Waals surface area contributed by atoms with Gasteiger partial charge in [-0.25, -0.2) is 9.67 Å². The number of aromatic nitrogens is 4. The SMILES string of the molecule is CC(C)C(C(=O)N1CC(O)CC1c1nc2ccccc2s1)n1cc(C(=O)N(C)C)nn1. The first-order chi connectivity index (χ1) is 14.8. The highest BCUT2D eigenvalue weighted by Crippen LogP contribution is 2.38. The second-order valence-corrected chi connectivity index (χ2v) is 9.45. The van der Waals surface area contributed by atoms with E-state index in [1.54, 1.807) is 30.3 Å². The molecule has 0 spiro atoms. The minimum absolute atomic E-state index is 0.0923. The van der Waals surface area contributed by atoms with Crippen LogP contribution in [0.15, 0.2) is 30.5 Å². The first-order valence-electron chi connectivity index (χ1n) is 10.2. The number of thiazole rings is 1. The number of hydrogen-bond donors (Lipinski definition) is 1. The van der Waals surface area contributed by atoms with Crippen LogP contribution in [0.25, 0.3) is 10.2 Å². The third-order valence-corrected chi connectivity index (χ3v) is 6.60. The molecule has 10 heteroatoms. The Morgan fingerprint density at radius 2 is 2.00 bits per heavy atom. The fourth-order valence-electron chi connectivity index (χ4n) is 3.94. The number of likely N-dealkylation sites (tertiary alicyclic amines) is 1. The Labute approximate surface area is 184 Å². The normalized spacial score (nSPS) is 19.9. The van der Waals surface area contributed by atoms with Gasteiger partial charge in [-0.1, -0.05) is 31.2 Å². The molecule has 1 saturated heterocycles. The molecule has 2 amide bonds. The molecule has 9 nitrogen and oxygen atoms in total. The molecular formula is C21H26N6O3S. The summed E-state index contributed by atoms with van der Waals surface area (Å²) in [5, 5.41) is 19.2. The number of amides is 2. The quantitative estimate of drug-likeness (QED) is 0.649. The van der Waals surface area contributed by atoms with Crippen LogP contribution in [0.4, 0.5) is 0 Å². The molecule has 3 unspecified atom stereocenters. The number of rotatable bonds is 5. The highest BCUT2D eigenvalue weighted by molar-refractivity contribution is 7.18. The van der Waals surface area contributed by atoms with Crippen molar-refractivity contribution in [1.82, 2.24) is 29.8 Å². The maximum Gasteiger partial charge on any atom is 0.275 e. The zero-order valence-corrected chi connectivity index (χ0v) is 18.8. The largest absolute Gasteiger partial charge is 0.391 e. The average Bonchev–Trinajstić information content (AvgIpc) is 3.44. The molecule has 31 heavy (non-hydrogen) atoms. The van der Waals surface area contributed by atoms with Crippen molar-refractivity contribution in [2.45, 2.75) is 38.5 Å². The Kier molecular flexibility index (Phi) is 5.76. The number of carbonyl (C=O) groups excluding carboxylic acids is 2. The first-order valence-corrected chi connectivity index (χ1v) is 11.1. The maximum absolute atomic E-state index is 13.7. The second kappa shape index (κ2) is 8.35. The number of carbonyl (C=O) groups is 2. The van der Waals surface area contributed by atoms with Gasteiger partial charge >= 0.3 is 0 Å². The van der Waals surface area contributed by atoms with Gasteiger partial charge < -0.3 is 14.9 Å². The molecule has 2 aromatic heterocycles. The van der Waals surface area contributed by atoms with Crippen molar-refractivity contribution >= 4 is 33.4 Å². The number of β-amino-alcohol motifs (C(OH)–C–C–N with tert-alkyl or cyclic N) is 1. The molecule has 1 N–H and O–H groups in total. The van der Waals surface area contributed by atoms with Gasteiger partial charge in [-0.05, 0) is 18.1 Å². The maximum atomic E-state index is 13.7. The highest BCUT2D eigenvalue weighted by atomic mass is 32.1. The highest BCUT2D eigenvalue weighted by Gasteiger charge is 2.41. The van der Waals surface area contributed by atoms with Crippen molar-refractivity contribution in [1.29, 1.82) is 0 Å². The van der Waals surface area contributed by atoms with Gasteiger partial charge in [0, 0.05) is 27.1 Å². The Morgan fingerprint density at radius 1 is 1.26 bits per heavy atom. The summed E-state index contributed by atoms with van der Waals surface area (Å²) in [6, 6.07) is 6.91. The molecule has 1 aliphatic rings. The topological polar surface area (TPSA) is 104 Å². The van der Waals surface area contributed by atoms with E-state index in [2.05, 4.69) is 10.3 Å². The van der Waals surface area contributed by atoms with Crippen molar-refractivity contribution < 1.29 is 14.7 Å². The Hall–Kier alpha value is -2.85. The minimum Gasteiger partial charge on any atom is -0.391 e. The van der Waals surface area contributed by atoms with Crippen molar-refractivity contribution in [3.8, 4) is 0 Å². The Balaban J connectivity index is 1.65. The zero-order chi connectivity index (χ0) is 22.3. The summed E-state index contributed by atoms with van der Waals surface area (Å²) in [5.74, 6) is -0.528. The summed E-state index contributed by atoms with van der Waals surface area (Å²) in [6.45, 7) is 4.09. The molecule has 1 fully saturated rings. The van der Waals surface area contributed by atoms with E-state index in [1.165, 1.54) is 15.8 Å². The fourth-order valence-corrected chi connectivity index (χ4v) is 5.03. The van der Waals surface area contributed by atoms with Crippen LogP contribution in [0.2, 0.25) is 0 Å². The predicted octanol–water partition coefficient (Wildman–Crippen LogP) is 2.12. The van der Waals surface area contributed by atoms with E-state index in [9.17, 15) is 14.7 Å². The average molecular weight is 443 g/mol. The van der Waals surface area contributed by atoms with E-state index in [0.29, 0.717) is 6.42 Å². The molecule has 164 valence electrons. The predicted molar refractivity (Wildman–Crippen MR) is 117 cm³/mol. The Bertz CT molecular complexity index is 1070. The lowest BCUT2D eigenvalue weighted by Crippen LogP contribution is -2.40. The van der Waals surface area contributed by atoms with Crippen LogP contribution in [0.5, 0.6) is 0 Å². The number of para-hydroxylation sites is 1. The zero-order valence-electron chi connectivity index (χ0n) is 18.0. The lowest BCUT2D eigenvalue weighted by atomic mass is 10.0. The van der Waals surface area contributed by atoms with Gasteiger partial charge in [0.2, 0.25) is 5.91 Å².